The molecule has 2 N–H and O–H groups in total. The maximum atomic E-state index is 13.0. The Labute approximate surface area is 148 Å². The largest absolute Gasteiger partial charge is 0.368 e. The van der Waals surface area contributed by atoms with Gasteiger partial charge in [0.1, 0.15) is 12.1 Å². The maximum Gasteiger partial charge on any atom is 0.282 e. The van der Waals surface area contributed by atoms with Gasteiger partial charge in [-0.3, -0.25) is 4.98 Å². The number of hydrogen-bond acceptors (Lipinski definition) is 7. The van der Waals surface area contributed by atoms with Crippen LogP contribution in [0.1, 0.15) is 5.56 Å². The SMILES string of the molecule is Cl.OC1C(c2cccnc2)=CNN1c1cc(N2CC(F)(F)C2)ncn1. The van der Waals surface area contributed by atoms with Crippen LogP contribution in [0.25, 0.3) is 5.57 Å². The van der Waals surface area contributed by atoms with Crippen LogP contribution in [0.2, 0.25) is 0 Å². The molecule has 0 amide bonds. The molecule has 1 saturated heterocycles. The van der Waals surface area contributed by atoms with Gasteiger partial charge in [-0.15, -0.1) is 12.4 Å². The number of aromatic nitrogens is 3. The Balaban J connectivity index is 0.00000182. The van der Waals surface area contributed by atoms with Gasteiger partial charge in [-0.2, -0.15) is 0 Å². The van der Waals surface area contributed by atoms with Gasteiger partial charge >= 0.3 is 0 Å². The Bertz CT molecular complexity index is 783. The van der Waals surface area contributed by atoms with Crippen LogP contribution in [0.3, 0.4) is 0 Å². The summed E-state index contributed by atoms with van der Waals surface area (Å²) < 4.78 is 26.0. The van der Waals surface area contributed by atoms with Crippen molar-refractivity contribution < 1.29 is 13.9 Å². The van der Waals surface area contributed by atoms with Crippen molar-refractivity contribution in [1.82, 2.24) is 20.4 Å². The Morgan fingerprint density at radius 1 is 1.24 bits per heavy atom. The molecule has 132 valence electrons. The first kappa shape index (κ1) is 17.3. The molecule has 2 aromatic heterocycles. The number of aliphatic hydroxyl groups excluding tert-OH is 1. The highest BCUT2D eigenvalue weighted by Crippen LogP contribution is 2.33. The van der Waals surface area contributed by atoms with Gasteiger partial charge in [0.25, 0.3) is 5.92 Å². The summed E-state index contributed by atoms with van der Waals surface area (Å²) in [6.07, 6.45) is 5.26. The molecule has 1 unspecified atom stereocenters. The first-order chi connectivity index (χ1) is 11.5. The summed E-state index contributed by atoms with van der Waals surface area (Å²) in [5.74, 6) is -1.89. The molecule has 0 spiro atoms. The lowest BCUT2D eigenvalue weighted by atomic mass is 10.1. The monoisotopic (exact) mass is 368 g/mol. The Morgan fingerprint density at radius 2 is 2.00 bits per heavy atom. The van der Waals surface area contributed by atoms with Crippen molar-refractivity contribution in [2.75, 3.05) is 23.0 Å². The topological polar surface area (TPSA) is 77.4 Å². The smallest absolute Gasteiger partial charge is 0.282 e. The van der Waals surface area contributed by atoms with Crippen molar-refractivity contribution in [1.29, 1.82) is 0 Å². The second-order valence-electron chi connectivity index (χ2n) is 5.66. The molecule has 2 aromatic rings. The van der Waals surface area contributed by atoms with Crippen LogP contribution < -0.4 is 15.3 Å². The Kier molecular flexibility index (Phi) is 4.44. The highest BCUT2D eigenvalue weighted by Gasteiger charge is 2.44. The van der Waals surface area contributed by atoms with E-state index in [-0.39, 0.29) is 25.5 Å². The summed E-state index contributed by atoms with van der Waals surface area (Å²) in [5, 5.41) is 11.9. The summed E-state index contributed by atoms with van der Waals surface area (Å²) >= 11 is 0. The molecule has 0 radical (unpaired) electrons. The van der Waals surface area contributed by atoms with E-state index in [1.807, 2.05) is 6.07 Å². The van der Waals surface area contributed by atoms with E-state index in [1.54, 1.807) is 30.7 Å². The number of hydrogen-bond donors (Lipinski definition) is 2. The fourth-order valence-electron chi connectivity index (χ4n) is 2.70. The van der Waals surface area contributed by atoms with Gasteiger partial charge in [-0.05, 0) is 6.07 Å². The summed E-state index contributed by atoms with van der Waals surface area (Å²) in [4.78, 5) is 13.6. The van der Waals surface area contributed by atoms with Crippen molar-refractivity contribution in [2.45, 2.75) is 12.2 Å². The van der Waals surface area contributed by atoms with Crippen molar-refractivity contribution in [3.8, 4) is 0 Å². The minimum atomic E-state index is -2.68. The van der Waals surface area contributed by atoms with E-state index < -0.39 is 12.2 Å². The van der Waals surface area contributed by atoms with Crippen LogP contribution in [0.5, 0.6) is 0 Å². The van der Waals surface area contributed by atoms with Crippen LogP contribution in [-0.4, -0.2) is 45.3 Å². The van der Waals surface area contributed by atoms with E-state index in [2.05, 4.69) is 20.4 Å². The van der Waals surface area contributed by atoms with Crippen molar-refractivity contribution in [3.63, 3.8) is 0 Å². The third-order valence-corrected chi connectivity index (χ3v) is 3.93. The summed E-state index contributed by atoms with van der Waals surface area (Å²) in [6, 6.07) is 5.17. The third-order valence-electron chi connectivity index (χ3n) is 3.93. The molecule has 1 fully saturated rings. The first-order valence-electron chi connectivity index (χ1n) is 7.32. The number of nitrogens with zero attached hydrogens (tertiary/aromatic N) is 5. The Morgan fingerprint density at radius 3 is 2.68 bits per heavy atom. The molecule has 0 saturated carbocycles. The maximum absolute atomic E-state index is 13.0. The first-order valence-corrected chi connectivity index (χ1v) is 7.32. The molecular formula is C15H15ClF2N6O. The molecule has 2 aliphatic rings. The van der Waals surface area contributed by atoms with E-state index in [0.29, 0.717) is 17.2 Å². The molecule has 0 aliphatic carbocycles. The molecule has 10 heteroatoms. The molecule has 2 aliphatic heterocycles. The molecular weight excluding hydrogens is 354 g/mol. The van der Waals surface area contributed by atoms with Gasteiger partial charge in [-0.25, -0.2) is 23.8 Å². The number of halogens is 3. The van der Waals surface area contributed by atoms with E-state index in [0.717, 1.165) is 5.56 Å². The second kappa shape index (κ2) is 6.41. The second-order valence-corrected chi connectivity index (χ2v) is 5.66. The van der Waals surface area contributed by atoms with Gasteiger partial charge in [0.2, 0.25) is 0 Å². The van der Waals surface area contributed by atoms with Crippen LogP contribution >= 0.6 is 12.4 Å². The lowest BCUT2D eigenvalue weighted by molar-refractivity contribution is -0.0267. The summed E-state index contributed by atoms with van der Waals surface area (Å²) in [7, 11) is 0. The summed E-state index contributed by atoms with van der Waals surface area (Å²) in [5.41, 5.74) is 4.34. The molecule has 4 heterocycles. The van der Waals surface area contributed by atoms with Gasteiger partial charge in [0.15, 0.2) is 12.0 Å². The highest BCUT2D eigenvalue weighted by molar-refractivity contribution is 5.85. The number of pyridine rings is 1. The van der Waals surface area contributed by atoms with Crippen LogP contribution in [0.15, 0.2) is 43.1 Å². The van der Waals surface area contributed by atoms with Gasteiger partial charge in [0.05, 0.1) is 13.1 Å². The van der Waals surface area contributed by atoms with Crippen molar-refractivity contribution in [3.05, 3.63) is 48.7 Å². The number of rotatable bonds is 3. The van der Waals surface area contributed by atoms with Gasteiger partial charge in [0, 0.05) is 35.8 Å². The zero-order valence-electron chi connectivity index (χ0n) is 12.9. The summed E-state index contributed by atoms with van der Waals surface area (Å²) in [6.45, 7) is -0.725. The van der Waals surface area contributed by atoms with Crippen LogP contribution in [0.4, 0.5) is 20.4 Å². The van der Waals surface area contributed by atoms with E-state index in [4.69, 9.17) is 0 Å². The predicted octanol–water partition coefficient (Wildman–Crippen LogP) is 1.43. The van der Waals surface area contributed by atoms with E-state index in [1.165, 1.54) is 16.2 Å². The lowest BCUT2D eigenvalue weighted by Gasteiger charge is -2.39. The van der Waals surface area contributed by atoms with E-state index in [9.17, 15) is 13.9 Å². The molecule has 7 nitrogen and oxygen atoms in total. The predicted molar refractivity (Wildman–Crippen MR) is 90.3 cm³/mol. The zero-order chi connectivity index (χ0) is 16.7. The van der Waals surface area contributed by atoms with Crippen LogP contribution in [-0.2, 0) is 0 Å². The quantitative estimate of drug-likeness (QED) is 0.848. The molecule has 0 aromatic carbocycles. The fraction of sp³-hybridized carbons (Fsp3) is 0.267. The van der Waals surface area contributed by atoms with Crippen LogP contribution in [0, 0.1) is 0 Å². The number of hydrazine groups is 1. The van der Waals surface area contributed by atoms with Gasteiger partial charge in [-0.1, -0.05) is 6.07 Å². The molecule has 25 heavy (non-hydrogen) atoms. The number of nitrogens with one attached hydrogen (secondary N) is 1. The zero-order valence-corrected chi connectivity index (χ0v) is 13.7. The number of aliphatic hydroxyl groups is 1. The minimum absolute atomic E-state index is 0. The van der Waals surface area contributed by atoms with Gasteiger partial charge < -0.3 is 15.4 Å². The normalized spacial score (nSPS) is 21.1. The molecule has 0 bridgehead atoms. The number of alkyl halides is 2. The highest BCUT2D eigenvalue weighted by atomic mass is 35.5. The average Bonchev–Trinajstić information content (AvgIpc) is 2.95. The molecule has 4 rings (SSSR count). The van der Waals surface area contributed by atoms with Crippen molar-refractivity contribution >= 4 is 29.6 Å². The van der Waals surface area contributed by atoms with Crippen molar-refractivity contribution in [2.24, 2.45) is 0 Å². The van der Waals surface area contributed by atoms with E-state index >= 15 is 0 Å². The Hall–Kier alpha value is -2.52. The third kappa shape index (κ3) is 3.20. The fourth-order valence-corrected chi connectivity index (χ4v) is 2.70. The standard InChI is InChI=1S/C15H14F2N6O.ClH/c16-15(17)7-22(8-15)12-4-13(20-9-19-12)23-14(24)11(6-21-23)10-2-1-3-18-5-10;/h1-6,9,14,21,24H,7-8H2;1H. The molecule has 1 atom stereocenters. The lowest BCUT2D eigenvalue weighted by Crippen LogP contribution is -2.56. The minimum Gasteiger partial charge on any atom is -0.368 e. The average molecular weight is 369 g/mol. The number of anilines is 2.